The maximum Gasteiger partial charge on any atom is 0.270 e. The fraction of sp³-hybridized carbons (Fsp3) is 0.261. The lowest BCUT2D eigenvalue weighted by molar-refractivity contribution is 0.0737. The smallest absolute Gasteiger partial charge is 0.270 e. The SMILES string of the molecule is Cc1cccn2c(=O)c3cc(C(=O)N4CCN(c5ccccc5Cl)CC4)n(C)c3nc12. The zero-order chi connectivity index (χ0) is 21.7. The summed E-state index contributed by atoms with van der Waals surface area (Å²) >= 11 is 6.32. The van der Waals surface area contributed by atoms with Gasteiger partial charge in [-0.2, -0.15) is 0 Å². The normalized spacial score (nSPS) is 14.5. The van der Waals surface area contributed by atoms with Gasteiger partial charge in [0.05, 0.1) is 16.1 Å². The van der Waals surface area contributed by atoms with Crippen LogP contribution in [0.25, 0.3) is 16.7 Å². The quantitative estimate of drug-likeness (QED) is 0.485. The Morgan fingerprint density at radius 3 is 2.52 bits per heavy atom. The lowest BCUT2D eigenvalue weighted by Gasteiger charge is -2.36. The number of piperazine rings is 1. The number of carbonyl (C=O) groups excluding carboxylic acids is 1. The van der Waals surface area contributed by atoms with Gasteiger partial charge < -0.3 is 14.4 Å². The van der Waals surface area contributed by atoms with Gasteiger partial charge in [-0.1, -0.05) is 29.8 Å². The van der Waals surface area contributed by atoms with Crippen molar-refractivity contribution in [2.45, 2.75) is 6.92 Å². The minimum atomic E-state index is -0.165. The number of hydrogen-bond donors (Lipinski definition) is 0. The molecule has 0 bridgehead atoms. The standard InChI is InChI=1S/C23H22ClN5O2/c1-15-6-5-9-29-20(15)25-21-16(22(29)30)14-19(26(21)2)23(31)28-12-10-27(11-13-28)18-8-4-3-7-17(18)24/h3-9,14H,10-13H2,1-2H3. The molecule has 31 heavy (non-hydrogen) atoms. The molecule has 0 radical (unpaired) electrons. The van der Waals surface area contributed by atoms with Crippen LogP contribution in [0.5, 0.6) is 0 Å². The van der Waals surface area contributed by atoms with Crippen LogP contribution in [0.2, 0.25) is 5.02 Å². The first-order valence-electron chi connectivity index (χ1n) is 10.2. The van der Waals surface area contributed by atoms with E-state index in [1.54, 1.807) is 23.9 Å². The number of amides is 1. The molecule has 1 saturated heterocycles. The third-order valence-electron chi connectivity index (χ3n) is 6.00. The molecule has 1 aliphatic heterocycles. The number of benzene rings is 1. The Labute approximate surface area is 184 Å². The van der Waals surface area contributed by atoms with E-state index in [1.807, 2.05) is 48.2 Å². The minimum absolute atomic E-state index is 0.0931. The highest BCUT2D eigenvalue weighted by molar-refractivity contribution is 6.33. The van der Waals surface area contributed by atoms with Gasteiger partial charge in [-0.25, -0.2) is 4.98 Å². The highest BCUT2D eigenvalue weighted by Crippen LogP contribution is 2.26. The molecule has 1 aliphatic rings. The van der Waals surface area contributed by atoms with Crippen LogP contribution in [0.15, 0.2) is 53.5 Å². The number of carbonyl (C=O) groups is 1. The van der Waals surface area contributed by atoms with Gasteiger partial charge in [0.25, 0.3) is 11.5 Å². The molecule has 0 atom stereocenters. The van der Waals surface area contributed by atoms with Crippen LogP contribution in [-0.4, -0.2) is 50.9 Å². The number of aryl methyl sites for hydroxylation is 2. The highest BCUT2D eigenvalue weighted by atomic mass is 35.5. The van der Waals surface area contributed by atoms with Gasteiger partial charge in [0.15, 0.2) is 0 Å². The second kappa shape index (κ2) is 7.42. The molecule has 0 aliphatic carbocycles. The third-order valence-corrected chi connectivity index (χ3v) is 6.32. The Morgan fingerprint density at radius 1 is 1.03 bits per heavy atom. The molecule has 8 heteroatoms. The van der Waals surface area contributed by atoms with Gasteiger partial charge in [0, 0.05) is 39.4 Å². The van der Waals surface area contributed by atoms with Gasteiger partial charge in [-0.3, -0.25) is 14.0 Å². The number of para-hydroxylation sites is 1. The van der Waals surface area contributed by atoms with E-state index < -0.39 is 0 Å². The first-order valence-corrected chi connectivity index (χ1v) is 10.6. The molecule has 0 unspecified atom stereocenters. The Bertz CT molecular complexity index is 1380. The summed E-state index contributed by atoms with van der Waals surface area (Å²) < 4.78 is 3.26. The van der Waals surface area contributed by atoms with E-state index in [1.165, 1.54) is 4.40 Å². The topological polar surface area (TPSA) is 62.9 Å². The first kappa shape index (κ1) is 19.6. The van der Waals surface area contributed by atoms with Gasteiger partial charge in [0.2, 0.25) is 0 Å². The number of anilines is 1. The molecule has 5 rings (SSSR count). The van der Waals surface area contributed by atoms with Crippen LogP contribution < -0.4 is 10.5 Å². The molecule has 1 aromatic carbocycles. The molecule has 1 fully saturated rings. The van der Waals surface area contributed by atoms with Crippen molar-refractivity contribution in [2.75, 3.05) is 31.1 Å². The zero-order valence-corrected chi connectivity index (χ0v) is 18.1. The van der Waals surface area contributed by atoms with Gasteiger partial charge in [-0.15, -0.1) is 0 Å². The Kier molecular flexibility index (Phi) is 4.70. The number of pyridine rings is 1. The van der Waals surface area contributed by atoms with E-state index in [0.717, 1.165) is 11.3 Å². The Hall–Kier alpha value is -3.32. The van der Waals surface area contributed by atoms with Crippen LogP contribution in [0.4, 0.5) is 5.69 Å². The average molecular weight is 436 g/mol. The number of fused-ring (bicyclic) bond motifs is 2. The van der Waals surface area contributed by atoms with Crippen LogP contribution in [0.3, 0.4) is 0 Å². The maximum absolute atomic E-state index is 13.3. The Morgan fingerprint density at radius 2 is 1.77 bits per heavy atom. The largest absolute Gasteiger partial charge is 0.367 e. The van der Waals surface area contributed by atoms with Crippen LogP contribution >= 0.6 is 11.6 Å². The predicted octanol–water partition coefficient (Wildman–Crippen LogP) is 3.11. The number of halogens is 1. The second-order valence-corrected chi connectivity index (χ2v) is 8.27. The summed E-state index contributed by atoms with van der Waals surface area (Å²) in [4.78, 5) is 35.0. The average Bonchev–Trinajstić information content (AvgIpc) is 3.11. The van der Waals surface area contributed by atoms with Crippen molar-refractivity contribution in [2.24, 2.45) is 7.05 Å². The van der Waals surface area contributed by atoms with Crippen LogP contribution in [-0.2, 0) is 7.05 Å². The van der Waals surface area contributed by atoms with Gasteiger partial charge in [-0.05, 0) is 36.8 Å². The van der Waals surface area contributed by atoms with E-state index in [4.69, 9.17) is 11.6 Å². The van der Waals surface area contributed by atoms with Crippen molar-refractivity contribution in [3.8, 4) is 0 Å². The van der Waals surface area contributed by atoms with Crippen molar-refractivity contribution in [3.63, 3.8) is 0 Å². The van der Waals surface area contributed by atoms with Crippen molar-refractivity contribution in [1.29, 1.82) is 0 Å². The summed E-state index contributed by atoms with van der Waals surface area (Å²) in [6, 6.07) is 13.2. The molecule has 0 N–H and O–H groups in total. The summed E-state index contributed by atoms with van der Waals surface area (Å²) in [6.45, 7) is 4.48. The van der Waals surface area contributed by atoms with Crippen molar-refractivity contribution < 1.29 is 4.79 Å². The van der Waals surface area contributed by atoms with E-state index >= 15 is 0 Å². The van der Waals surface area contributed by atoms with E-state index in [9.17, 15) is 9.59 Å². The number of nitrogens with zero attached hydrogens (tertiary/aromatic N) is 5. The summed E-state index contributed by atoms with van der Waals surface area (Å²) in [5.41, 5.74) is 3.33. The van der Waals surface area contributed by atoms with Crippen molar-refractivity contribution >= 4 is 39.9 Å². The van der Waals surface area contributed by atoms with E-state index in [2.05, 4.69) is 9.88 Å². The lowest BCUT2D eigenvalue weighted by atomic mass is 10.2. The molecule has 4 heterocycles. The zero-order valence-electron chi connectivity index (χ0n) is 17.4. The third kappa shape index (κ3) is 3.16. The molecule has 0 saturated carbocycles. The highest BCUT2D eigenvalue weighted by Gasteiger charge is 2.26. The van der Waals surface area contributed by atoms with Gasteiger partial charge >= 0.3 is 0 Å². The molecular formula is C23H22ClN5O2. The fourth-order valence-corrected chi connectivity index (χ4v) is 4.51. The summed E-state index contributed by atoms with van der Waals surface area (Å²) in [5.74, 6) is -0.0931. The molecule has 4 aromatic rings. The van der Waals surface area contributed by atoms with E-state index in [-0.39, 0.29) is 11.5 Å². The van der Waals surface area contributed by atoms with Crippen LogP contribution in [0.1, 0.15) is 16.1 Å². The molecular weight excluding hydrogens is 414 g/mol. The minimum Gasteiger partial charge on any atom is -0.367 e. The molecule has 3 aromatic heterocycles. The number of hydrogen-bond acceptors (Lipinski definition) is 4. The Balaban J connectivity index is 1.45. The molecule has 0 spiro atoms. The van der Waals surface area contributed by atoms with Crippen molar-refractivity contribution in [1.82, 2.24) is 18.9 Å². The summed E-state index contributed by atoms with van der Waals surface area (Å²) in [5, 5.41) is 1.16. The first-order chi connectivity index (χ1) is 15.0. The number of aromatic nitrogens is 3. The number of rotatable bonds is 2. The monoisotopic (exact) mass is 435 g/mol. The van der Waals surface area contributed by atoms with Gasteiger partial charge in [0.1, 0.15) is 17.0 Å². The van der Waals surface area contributed by atoms with E-state index in [0.29, 0.717) is 53.6 Å². The maximum atomic E-state index is 13.3. The lowest BCUT2D eigenvalue weighted by Crippen LogP contribution is -2.49. The summed E-state index contributed by atoms with van der Waals surface area (Å²) in [6.07, 6.45) is 1.71. The molecule has 158 valence electrons. The predicted molar refractivity (Wildman–Crippen MR) is 122 cm³/mol. The molecule has 7 nitrogen and oxygen atoms in total. The second-order valence-electron chi connectivity index (χ2n) is 7.86. The fourth-order valence-electron chi connectivity index (χ4n) is 4.26. The molecule has 1 amide bonds. The summed E-state index contributed by atoms with van der Waals surface area (Å²) in [7, 11) is 1.79. The van der Waals surface area contributed by atoms with Crippen LogP contribution in [0, 0.1) is 6.92 Å². The van der Waals surface area contributed by atoms with Crippen molar-refractivity contribution in [3.05, 3.63) is 75.3 Å².